The SMILES string of the molecule is Cc1nnnn1C(Cc1cccc(F)c1)C(=O)Nc1ccc(OCCN)cc1.Cl. The first-order valence-electron chi connectivity index (χ1n) is 8.79. The number of ether oxygens (including phenoxy) is 1. The van der Waals surface area contributed by atoms with Crippen LogP contribution in [0.4, 0.5) is 10.1 Å². The summed E-state index contributed by atoms with van der Waals surface area (Å²) in [5.41, 5.74) is 6.68. The minimum Gasteiger partial charge on any atom is -0.492 e. The number of nitrogens with two attached hydrogens (primary N) is 1. The van der Waals surface area contributed by atoms with Gasteiger partial charge in [0.25, 0.3) is 0 Å². The third-order valence-electron chi connectivity index (χ3n) is 4.08. The van der Waals surface area contributed by atoms with Gasteiger partial charge in [-0.25, -0.2) is 9.07 Å². The van der Waals surface area contributed by atoms with Crippen molar-refractivity contribution >= 4 is 24.0 Å². The van der Waals surface area contributed by atoms with Crippen LogP contribution in [-0.2, 0) is 11.2 Å². The van der Waals surface area contributed by atoms with E-state index >= 15 is 0 Å². The highest BCUT2D eigenvalue weighted by Crippen LogP contribution is 2.20. The van der Waals surface area contributed by atoms with Crippen LogP contribution in [0, 0.1) is 12.7 Å². The van der Waals surface area contributed by atoms with E-state index in [0.717, 1.165) is 0 Å². The molecule has 0 aliphatic carbocycles. The molecule has 0 fully saturated rings. The maximum Gasteiger partial charge on any atom is 0.249 e. The van der Waals surface area contributed by atoms with E-state index in [9.17, 15) is 9.18 Å². The Hall–Kier alpha value is -3.04. The summed E-state index contributed by atoms with van der Waals surface area (Å²) in [7, 11) is 0. The lowest BCUT2D eigenvalue weighted by atomic mass is 10.0. The van der Waals surface area contributed by atoms with Crippen molar-refractivity contribution in [1.82, 2.24) is 20.2 Å². The van der Waals surface area contributed by atoms with E-state index in [1.54, 1.807) is 43.3 Å². The van der Waals surface area contributed by atoms with Gasteiger partial charge >= 0.3 is 0 Å². The zero-order chi connectivity index (χ0) is 19.9. The number of aryl methyl sites for hydroxylation is 1. The van der Waals surface area contributed by atoms with Crippen LogP contribution < -0.4 is 15.8 Å². The highest BCUT2D eigenvalue weighted by atomic mass is 35.5. The number of hydrogen-bond acceptors (Lipinski definition) is 6. The van der Waals surface area contributed by atoms with E-state index < -0.39 is 6.04 Å². The molecule has 0 saturated heterocycles. The average molecular weight is 421 g/mol. The van der Waals surface area contributed by atoms with Gasteiger partial charge in [-0.3, -0.25) is 4.79 Å². The normalized spacial score (nSPS) is 11.4. The second-order valence-corrected chi connectivity index (χ2v) is 6.17. The molecule has 8 nitrogen and oxygen atoms in total. The Morgan fingerprint density at radius 3 is 2.66 bits per heavy atom. The molecule has 1 unspecified atom stereocenters. The molecule has 1 amide bonds. The highest BCUT2D eigenvalue weighted by Gasteiger charge is 2.24. The summed E-state index contributed by atoms with van der Waals surface area (Å²) in [5.74, 6) is 0.478. The van der Waals surface area contributed by atoms with Crippen molar-refractivity contribution in [3.63, 3.8) is 0 Å². The fourth-order valence-electron chi connectivity index (χ4n) is 2.74. The van der Waals surface area contributed by atoms with Crippen molar-refractivity contribution in [2.75, 3.05) is 18.5 Å². The van der Waals surface area contributed by atoms with E-state index in [4.69, 9.17) is 10.5 Å². The second kappa shape index (κ2) is 10.5. The van der Waals surface area contributed by atoms with Crippen molar-refractivity contribution in [1.29, 1.82) is 0 Å². The molecule has 0 spiro atoms. The van der Waals surface area contributed by atoms with Crippen molar-refractivity contribution in [2.45, 2.75) is 19.4 Å². The molecule has 1 aromatic heterocycles. The summed E-state index contributed by atoms with van der Waals surface area (Å²) >= 11 is 0. The molecular formula is C19H22ClFN6O2. The van der Waals surface area contributed by atoms with Gasteiger partial charge in [-0.2, -0.15) is 0 Å². The van der Waals surface area contributed by atoms with Crippen molar-refractivity contribution in [3.8, 4) is 5.75 Å². The average Bonchev–Trinajstić information content (AvgIpc) is 3.11. The van der Waals surface area contributed by atoms with Crippen LogP contribution in [0.3, 0.4) is 0 Å². The maximum atomic E-state index is 13.5. The molecule has 0 radical (unpaired) electrons. The van der Waals surface area contributed by atoms with Crippen LogP contribution in [0.5, 0.6) is 5.75 Å². The van der Waals surface area contributed by atoms with Crippen LogP contribution in [0.1, 0.15) is 17.4 Å². The van der Waals surface area contributed by atoms with Crippen molar-refractivity contribution < 1.29 is 13.9 Å². The molecule has 0 aliphatic rings. The van der Waals surface area contributed by atoms with Gasteiger partial charge < -0.3 is 15.8 Å². The first kappa shape index (κ1) is 22.3. The number of carbonyl (C=O) groups excluding carboxylic acids is 1. The number of benzene rings is 2. The Balaban J connectivity index is 0.00000300. The molecule has 3 aromatic rings. The number of aromatic nitrogens is 4. The summed E-state index contributed by atoms with van der Waals surface area (Å²) in [6.07, 6.45) is 0.243. The second-order valence-electron chi connectivity index (χ2n) is 6.17. The summed E-state index contributed by atoms with van der Waals surface area (Å²) < 4.78 is 20.4. The Bertz CT molecular complexity index is 934. The molecule has 29 heavy (non-hydrogen) atoms. The number of halogens is 2. The Morgan fingerprint density at radius 1 is 1.28 bits per heavy atom. The van der Waals surface area contributed by atoms with E-state index in [1.807, 2.05) is 0 Å². The number of nitrogens with one attached hydrogen (secondary N) is 1. The minimum atomic E-state index is -0.732. The van der Waals surface area contributed by atoms with E-state index in [2.05, 4.69) is 20.8 Å². The summed E-state index contributed by atoms with van der Waals surface area (Å²) in [5, 5.41) is 14.2. The van der Waals surface area contributed by atoms with Crippen LogP contribution >= 0.6 is 12.4 Å². The smallest absolute Gasteiger partial charge is 0.249 e. The fraction of sp³-hybridized carbons (Fsp3) is 0.263. The van der Waals surface area contributed by atoms with Crippen LogP contribution in [-0.4, -0.2) is 39.3 Å². The number of hydrogen-bond donors (Lipinski definition) is 2. The van der Waals surface area contributed by atoms with Crippen LogP contribution in [0.25, 0.3) is 0 Å². The zero-order valence-corrected chi connectivity index (χ0v) is 16.6. The highest BCUT2D eigenvalue weighted by molar-refractivity contribution is 5.93. The predicted octanol–water partition coefficient (Wildman–Crippen LogP) is 2.30. The van der Waals surface area contributed by atoms with Gasteiger partial charge in [-0.15, -0.1) is 17.5 Å². The van der Waals surface area contributed by atoms with Gasteiger partial charge in [-0.1, -0.05) is 12.1 Å². The standard InChI is InChI=1S/C19H21FN6O2.ClH/c1-13-23-24-25-26(13)18(12-14-3-2-4-15(20)11-14)19(27)22-16-5-7-17(8-6-16)28-10-9-21;/h2-8,11,18H,9-10,12,21H2,1H3,(H,22,27);1H. The number of anilines is 1. The van der Waals surface area contributed by atoms with E-state index in [-0.39, 0.29) is 30.6 Å². The van der Waals surface area contributed by atoms with Gasteiger partial charge in [0.05, 0.1) is 0 Å². The summed E-state index contributed by atoms with van der Waals surface area (Å²) in [4.78, 5) is 12.9. The third-order valence-corrected chi connectivity index (χ3v) is 4.08. The molecule has 0 saturated carbocycles. The molecule has 3 N–H and O–H groups in total. The van der Waals surface area contributed by atoms with Crippen LogP contribution in [0.15, 0.2) is 48.5 Å². The number of amides is 1. The Kier molecular flexibility index (Phi) is 8.05. The number of rotatable bonds is 8. The molecular weight excluding hydrogens is 399 g/mol. The fourth-order valence-corrected chi connectivity index (χ4v) is 2.74. The molecule has 2 aromatic carbocycles. The maximum absolute atomic E-state index is 13.5. The first-order valence-corrected chi connectivity index (χ1v) is 8.79. The quantitative estimate of drug-likeness (QED) is 0.579. The van der Waals surface area contributed by atoms with Gasteiger partial charge in [0.15, 0.2) is 0 Å². The van der Waals surface area contributed by atoms with Crippen molar-refractivity contribution in [2.24, 2.45) is 5.73 Å². The largest absolute Gasteiger partial charge is 0.492 e. The lowest BCUT2D eigenvalue weighted by Crippen LogP contribution is -2.29. The molecule has 154 valence electrons. The van der Waals surface area contributed by atoms with Crippen LogP contribution in [0.2, 0.25) is 0 Å². The predicted molar refractivity (Wildman–Crippen MR) is 109 cm³/mol. The Morgan fingerprint density at radius 2 is 2.03 bits per heavy atom. The molecule has 0 bridgehead atoms. The summed E-state index contributed by atoms with van der Waals surface area (Å²) in [6.45, 7) is 2.54. The van der Waals surface area contributed by atoms with E-state index in [1.165, 1.54) is 16.8 Å². The third kappa shape index (κ3) is 5.97. The first-order chi connectivity index (χ1) is 13.6. The van der Waals surface area contributed by atoms with Gasteiger partial charge in [0.1, 0.15) is 30.0 Å². The van der Waals surface area contributed by atoms with Crippen molar-refractivity contribution in [3.05, 3.63) is 65.7 Å². The monoisotopic (exact) mass is 420 g/mol. The van der Waals surface area contributed by atoms with Gasteiger partial charge in [0, 0.05) is 18.7 Å². The lowest BCUT2D eigenvalue weighted by Gasteiger charge is -2.18. The molecule has 3 rings (SSSR count). The van der Waals surface area contributed by atoms with Gasteiger partial charge in [0.2, 0.25) is 5.91 Å². The molecule has 10 heteroatoms. The zero-order valence-electron chi connectivity index (χ0n) is 15.8. The number of tetrazole rings is 1. The molecule has 0 aliphatic heterocycles. The molecule has 1 heterocycles. The van der Waals surface area contributed by atoms with Gasteiger partial charge in [-0.05, 0) is 59.3 Å². The number of carbonyl (C=O) groups is 1. The molecule has 1 atom stereocenters. The topological polar surface area (TPSA) is 108 Å². The number of nitrogens with zero attached hydrogens (tertiary/aromatic N) is 4. The summed E-state index contributed by atoms with van der Waals surface area (Å²) in [6, 6.07) is 12.3. The van der Waals surface area contributed by atoms with E-state index in [0.29, 0.717) is 36.0 Å². The Labute approximate surface area is 173 Å². The lowest BCUT2D eigenvalue weighted by molar-refractivity contribution is -0.119. The minimum absolute atomic E-state index is 0.